The van der Waals surface area contributed by atoms with Gasteiger partial charge in [-0.1, -0.05) is 6.92 Å². The number of nitrogens with two attached hydrogens (primary N) is 1. The Hall–Kier alpha value is -1.62. The quantitative estimate of drug-likeness (QED) is 0.776. The van der Waals surface area contributed by atoms with Crippen molar-refractivity contribution >= 4 is 11.6 Å². The summed E-state index contributed by atoms with van der Waals surface area (Å²) in [6, 6.07) is 4.48. The van der Waals surface area contributed by atoms with E-state index in [9.17, 15) is 9.18 Å². The first-order valence-corrected chi connectivity index (χ1v) is 5.87. The second-order valence-electron chi connectivity index (χ2n) is 4.60. The molecule has 1 amide bonds. The number of nitrogen functional groups attached to an aromatic ring is 1. The fraction of sp³-hybridized carbons (Fsp3) is 0.462. The van der Waals surface area contributed by atoms with Gasteiger partial charge in [-0.25, -0.2) is 4.39 Å². The minimum absolute atomic E-state index is 0.000561. The molecule has 0 radical (unpaired) electrons. The lowest BCUT2D eigenvalue weighted by Crippen LogP contribution is -2.34. The highest BCUT2D eigenvalue weighted by Crippen LogP contribution is 2.13. The topological polar surface area (TPSA) is 58.4 Å². The predicted molar refractivity (Wildman–Crippen MR) is 70.4 cm³/mol. The van der Waals surface area contributed by atoms with Gasteiger partial charge in [-0.15, -0.1) is 0 Å². The van der Waals surface area contributed by atoms with Gasteiger partial charge in [0.25, 0.3) is 0 Å². The number of halogens is 1. The first-order chi connectivity index (χ1) is 8.42. The highest BCUT2D eigenvalue weighted by Gasteiger charge is 2.13. The molecule has 1 unspecified atom stereocenters. The summed E-state index contributed by atoms with van der Waals surface area (Å²) >= 11 is 0. The molecule has 0 bridgehead atoms. The van der Waals surface area contributed by atoms with Crippen molar-refractivity contribution < 1.29 is 9.18 Å². The summed E-state index contributed by atoms with van der Waals surface area (Å²) in [6.45, 7) is 3.02. The van der Waals surface area contributed by atoms with E-state index in [-0.39, 0.29) is 17.6 Å². The summed E-state index contributed by atoms with van der Waals surface area (Å²) in [4.78, 5) is 13.4. The molecule has 0 aliphatic carbocycles. The van der Waals surface area contributed by atoms with Gasteiger partial charge in [0.1, 0.15) is 5.82 Å². The molecule has 0 saturated heterocycles. The van der Waals surface area contributed by atoms with Crippen LogP contribution in [-0.4, -0.2) is 31.4 Å². The molecule has 1 atom stereocenters. The summed E-state index contributed by atoms with van der Waals surface area (Å²) < 4.78 is 13.2. The van der Waals surface area contributed by atoms with Crippen molar-refractivity contribution in [1.82, 2.24) is 10.2 Å². The predicted octanol–water partition coefficient (Wildman–Crippen LogP) is 1.22. The van der Waals surface area contributed by atoms with E-state index in [1.54, 1.807) is 13.1 Å². The van der Waals surface area contributed by atoms with Crippen LogP contribution >= 0.6 is 0 Å². The van der Waals surface area contributed by atoms with Crippen LogP contribution in [0.2, 0.25) is 0 Å². The van der Waals surface area contributed by atoms with Gasteiger partial charge in [0.15, 0.2) is 0 Å². The van der Waals surface area contributed by atoms with E-state index < -0.39 is 0 Å². The van der Waals surface area contributed by atoms with Crippen LogP contribution in [0.15, 0.2) is 18.2 Å². The number of rotatable bonds is 5. The third-order valence-corrected chi connectivity index (χ3v) is 2.71. The summed E-state index contributed by atoms with van der Waals surface area (Å²) in [7, 11) is 3.51. The molecule has 18 heavy (non-hydrogen) atoms. The smallest absolute Gasteiger partial charge is 0.223 e. The molecule has 4 nitrogen and oxygen atoms in total. The van der Waals surface area contributed by atoms with Gasteiger partial charge >= 0.3 is 0 Å². The Labute approximate surface area is 107 Å². The van der Waals surface area contributed by atoms with Crippen molar-refractivity contribution in [2.24, 2.45) is 5.92 Å². The Kier molecular flexibility index (Phi) is 5.09. The lowest BCUT2D eigenvalue weighted by molar-refractivity contribution is -0.124. The van der Waals surface area contributed by atoms with E-state index in [0.29, 0.717) is 18.8 Å². The number of carbonyl (C=O) groups excluding carboxylic acids is 1. The van der Waals surface area contributed by atoms with Gasteiger partial charge in [0.05, 0.1) is 0 Å². The average molecular weight is 253 g/mol. The first kappa shape index (κ1) is 14.4. The Morgan fingerprint density at radius 2 is 2.17 bits per heavy atom. The van der Waals surface area contributed by atoms with E-state index in [4.69, 9.17) is 5.73 Å². The highest BCUT2D eigenvalue weighted by atomic mass is 19.1. The maximum absolute atomic E-state index is 13.2. The summed E-state index contributed by atoms with van der Waals surface area (Å²) in [5, 5.41) is 2.61. The SMILES string of the molecule is CNC(=O)C(C)CN(C)Cc1cc(N)cc(F)c1. The van der Waals surface area contributed by atoms with Crippen molar-refractivity contribution in [1.29, 1.82) is 0 Å². The number of carbonyl (C=O) groups is 1. The van der Waals surface area contributed by atoms with Crippen molar-refractivity contribution in [2.75, 3.05) is 26.4 Å². The van der Waals surface area contributed by atoms with E-state index in [1.165, 1.54) is 12.1 Å². The molecule has 3 N–H and O–H groups in total. The van der Waals surface area contributed by atoms with Crippen LogP contribution in [0.3, 0.4) is 0 Å². The number of anilines is 1. The summed E-state index contributed by atoms with van der Waals surface area (Å²) in [6.07, 6.45) is 0. The first-order valence-electron chi connectivity index (χ1n) is 5.87. The fourth-order valence-electron chi connectivity index (χ4n) is 1.94. The summed E-state index contributed by atoms with van der Waals surface area (Å²) in [5.41, 5.74) is 6.80. The van der Waals surface area contributed by atoms with Gasteiger partial charge in [0.2, 0.25) is 5.91 Å². The molecule has 1 aromatic carbocycles. The maximum atomic E-state index is 13.2. The minimum Gasteiger partial charge on any atom is -0.399 e. The number of amides is 1. The molecule has 100 valence electrons. The zero-order chi connectivity index (χ0) is 13.7. The molecule has 0 heterocycles. The lowest BCUT2D eigenvalue weighted by atomic mass is 10.1. The Balaban J connectivity index is 2.59. The van der Waals surface area contributed by atoms with Gasteiger partial charge in [0, 0.05) is 31.7 Å². The summed E-state index contributed by atoms with van der Waals surface area (Å²) in [5.74, 6) is -0.440. The van der Waals surface area contributed by atoms with E-state index in [2.05, 4.69) is 5.32 Å². The number of hydrogen-bond donors (Lipinski definition) is 2. The van der Waals surface area contributed by atoms with Crippen molar-refractivity contribution in [3.8, 4) is 0 Å². The van der Waals surface area contributed by atoms with E-state index in [1.807, 2.05) is 18.9 Å². The van der Waals surface area contributed by atoms with Crippen LogP contribution in [0.1, 0.15) is 12.5 Å². The standard InChI is InChI=1S/C13H20FN3O/c1-9(13(18)16-2)7-17(3)8-10-4-11(14)6-12(15)5-10/h4-6,9H,7-8,15H2,1-3H3,(H,16,18). The molecule has 1 aromatic rings. The van der Waals surface area contributed by atoms with Crippen LogP contribution < -0.4 is 11.1 Å². The van der Waals surface area contributed by atoms with E-state index >= 15 is 0 Å². The Morgan fingerprint density at radius 3 is 2.72 bits per heavy atom. The Morgan fingerprint density at radius 1 is 1.50 bits per heavy atom. The number of nitrogens with zero attached hydrogens (tertiary/aromatic N) is 1. The zero-order valence-electron chi connectivity index (χ0n) is 11.0. The van der Waals surface area contributed by atoms with Crippen LogP contribution in [0.4, 0.5) is 10.1 Å². The average Bonchev–Trinajstić information content (AvgIpc) is 2.25. The largest absolute Gasteiger partial charge is 0.399 e. The molecule has 0 spiro atoms. The minimum atomic E-state index is -0.335. The van der Waals surface area contributed by atoms with Crippen molar-refractivity contribution in [3.63, 3.8) is 0 Å². The van der Waals surface area contributed by atoms with Gasteiger partial charge in [-0.2, -0.15) is 0 Å². The number of benzene rings is 1. The lowest BCUT2D eigenvalue weighted by Gasteiger charge is -2.20. The third-order valence-electron chi connectivity index (χ3n) is 2.71. The molecular weight excluding hydrogens is 233 g/mol. The van der Waals surface area contributed by atoms with E-state index in [0.717, 1.165) is 5.56 Å². The number of hydrogen-bond acceptors (Lipinski definition) is 3. The number of nitrogens with one attached hydrogen (secondary N) is 1. The van der Waals surface area contributed by atoms with Gasteiger partial charge < -0.3 is 16.0 Å². The van der Waals surface area contributed by atoms with Crippen LogP contribution in [-0.2, 0) is 11.3 Å². The molecular formula is C13H20FN3O. The molecule has 0 saturated carbocycles. The van der Waals surface area contributed by atoms with Crippen LogP contribution in [0, 0.1) is 11.7 Å². The monoisotopic (exact) mass is 253 g/mol. The third kappa shape index (κ3) is 4.33. The normalized spacial score (nSPS) is 12.5. The van der Waals surface area contributed by atoms with Crippen LogP contribution in [0.5, 0.6) is 0 Å². The molecule has 0 aromatic heterocycles. The molecule has 5 heteroatoms. The van der Waals surface area contributed by atoms with Crippen LogP contribution in [0.25, 0.3) is 0 Å². The zero-order valence-corrected chi connectivity index (χ0v) is 11.0. The second-order valence-corrected chi connectivity index (χ2v) is 4.60. The Bertz CT molecular complexity index is 402. The van der Waals surface area contributed by atoms with Crippen molar-refractivity contribution in [2.45, 2.75) is 13.5 Å². The van der Waals surface area contributed by atoms with Crippen molar-refractivity contribution in [3.05, 3.63) is 29.6 Å². The van der Waals surface area contributed by atoms with Gasteiger partial charge in [-0.05, 0) is 30.8 Å². The van der Waals surface area contributed by atoms with Gasteiger partial charge in [-0.3, -0.25) is 4.79 Å². The molecule has 0 fully saturated rings. The fourth-order valence-corrected chi connectivity index (χ4v) is 1.94. The molecule has 0 aliphatic heterocycles. The second kappa shape index (κ2) is 6.35. The molecule has 1 rings (SSSR count). The highest BCUT2D eigenvalue weighted by molar-refractivity contribution is 5.78. The molecule has 0 aliphatic rings. The maximum Gasteiger partial charge on any atom is 0.223 e.